The molecule has 1 N–H and O–H groups in total. The smallest absolute Gasteiger partial charge is 0.408 e. The molecule has 0 bridgehead atoms. The number of Topliss-reactive ketones (excluding diaryl/α,β-unsaturated/α-hetero) is 1. The molecule has 1 unspecified atom stereocenters. The van der Waals surface area contributed by atoms with Gasteiger partial charge in [0.25, 0.3) is 0 Å². The second-order valence-electron chi connectivity index (χ2n) is 7.47. The van der Waals surface area contributed by atoms with Crippen LogP contribution in [0.5, 0.6) is 5.75 Å². The lowest BCUT2D eigenvalue weighted by Gasteiger charge is -2.21. The first-order valence-corrected chi connectivity index (χ1v) is 9.06. The Bertz CT molecular complexity index is 956. The van der Waals surface area contributed by atoms with E-state index in [2.05, 4.69) is 10.3 Å². The molecule has 3 rings (SSSR count). The number of carbonyl (C=O) groups excluding carboxylic acids is 2. The lowest BCUT2D eigenvalue weighted by molar-refractivity contribution is 0.0497. The van der Waals surface area contributed by atoms with Gasteiger partial charge in [0.2, 0.25) is 0 Å². The fourth-order valence-electron chi connectivity index (χ4n) is 2.81. The Balaban J connectivity index is 2.02. The summed E-state index contributed by atoms with van der Waals surface area (Å²) in [6, 6.07) is 5.21. The molecule has 6 nitrogen and oxygen atoms in total. The Hall–Kier alpha value is -2.67. The Morgan fingerprint density at radius 1 is 1.32 bits per heavy atom. The zero-order chi connectivity index (χ0) is 20.6. The number of nitrogens with one attached hydrogen (secondary N) is 1. The van der Waals surface area contributed by atoms with E-state index in [1.54, 1.807) is 26.8 Å². The van der Waals surface area contributed by atoms with Crippen molar-refractivity contribution >= 4 is 23.5 Å². The summed E-state index contributed by atoms with van der Waals surface area (Å²) >= 11 is 5.89. The minimum atomic E-state index is -0.648. The van der Waals surface area contributed by atoms with Gasteiger partial charge in [-0.05, 0) is 45.0 Å². The van der Waals surface area contributed by atoms with Gasteiger partial charge in [-0.25, -0.2) is 14.2 Å². The average molecular weight is 407 g/mol. The molecule has 1 atom stereocenters. The molecule has 0 aliphatic carbocycles. The standard InChI is InChI=1S/C20H20ClFN2O4/c1-10(25)15-8-12-16(24-19(26)28-20(2,3)4)9-27-18(12)17(23-15)11-5-6-14(22)13(21)7-11/h5-8,16H,9H2,1-4H3,(H,24,26). The quantitative estimate of drug-likeness (QED) is 0.747. The van der Waals surface area contributed by atoms with Crippen LogP contribution in [0.3, 0.4) is 0 Å². The number of amides is 1. The summed E-state index contributed by atoms with van der Waals surface area (Å²) in [7, 11) is 0. The van der Waals surface area contributed by atoms with E-state index in [0.717, 1.165) is 0 Å². The summed E-state index contributed by atoms with van der Waals surface area (Å²) < 4.78 is 24.6. The molecule has 0 fully saturated rings. The molecule has 1 aromatic heterocycles. The van der Waals surface area contributed by atoms with Crippen LogP contribution in [0.4, 0.5) is 9.18 Å². The number of alkyl carbamates (subject to hydrolysis) is 1. The molecule has 1 aromatic carbocycles. The molecule has 0 spiro atoms. The molecule has 0 saturated heterocycles. The van der Waals surface area contributed by atoms with E-state index in [-0.39, 0.29) is 23.1 Å². The largest absolute Gasteiger partial charge is 0.488 e. The second kappa shape index (κ2) is 7.39. The summed E-state index contributed by atoms with van der Waals surface area (Å²) in [5.74, 6) is -0.399. The van der Waals surface area contributed by atoms with Gasteiger partial charge in [-0.15, -0.1) is 0 Å². The Morgan fingerprint density at radius 2 is 2.04 bits per heavy atom. The minimum absolute atomic E-state index is 0.0669. The molecule has 1 aliphatic heterocycles. The zero-order valence-corrected chi connectivity index (χ0v) is 16.7. The first-order valence-electron chi connectivity index (χ1n) is 8.69. The van der Waals surface area contributed by atoms with Crippen LogP contribution in [0.25, 0.3) is 11.3 Å². The monoisotopic (exact) mass is 406 g/mol. The Morgan fingerprint density at radius 3 is 2.64 bits per heavy atom. The Labute approximate surface area is 167 Å². The number of fused-ring (bicyclic) bond motifs is 1. The van der Waals surface area contributed by atoms with E-state index < -0.39 is 23.6 Å². The molecule has 0 saturated carbocycles. The van der Waals surface area contributed by atoms with Crippen molar-refractivity contribution in [3.63, 3.8) is 0 Å². The number of pyridine rings is 1. The summed E-state index contributed by atoms with van der Waals surface area (Å²) in [6.45, 7) is 6.83. The van der Waals surface area contributed by atoms with Crippen LogP contribution in [-0.4, -0.2) is 29.1 Å². The van der Waals surface area contributed by atoms with Crippen LogP contribution >= 0.6 is 11.6 Å². The normalized spacial score (nSPS) is 15.6. The summed E-state index contributed by atoms with van der Waals surface area (Å²) in [5, 5.41) is 2.68. The third-order valence-corrected chi connectivity index (χ3v) is 4.31. The summed E-state index contributed by atoms with van der Waals surface area (Å²) in [6.07, 6.45) is -0.596. The maximum atomic E-state index is 13.5. The molecule has 2 aromatic rings. The van der Waals surface area contributed by atoms with Crippen LogP contribution in [0.15, 0.2) is 24.3 Å². The van der Waals surface area contributed by atoms with Crippen LogP contribution in [0.2, 0.25) is 5.02 Å². The molecule has 0 radical (unpaired) electrons. The fourth-order valence-corrected chi connectivity index (χ4v) is 2.99. The minimum Gasteiger partial charge on any atom is -0.488 e. The van der Waals surface area contributed by atoms with Crippen molar-refractivity contribution in [3.8, 4) is 17.0 Å². The van der Waals surface area contributed by atoms with Crippen LogP contribution < -0.4 is 10.1 Å². The van der Waals surface area contributed by atoms with Crippen molar-refractivity contribution < 1.29 is 23.5 Å². The number of nitrogens with zero attached hydrogens (tertiary/aromatic N) is 1. The number of hydrogen-bond donors (Lipinski definition) is 1. The van der Waals surface area contributed by atoms with E-state index in [1.165, 1.54) is 25.1 Å². The van der Waals surface area contributed by atoms with E-state index in [9.17, 15) is 14.0 Å². The highest BCUT2D eigenvalue weighted by Crippen LogP contribution is 2.41. The van der Waals surface area contributed by atoms with Crippen molar-refractivity contribution in [2.24, 2.45) is 0 Å². The predicted molar refractivity (Wildman–Crippen MR) is 102 cm³/mol. The predicted octanol–water partition coefficient (Wildman–Crippen LogP) is 4.70. The number of benzene rings is 1. The third-order valence-electron chi connectivity index (χ3n) is 4.02. The van der Waals surface area contributed by atoms with Gasteiger partial charge in [0.1, 0.15) is 29.4 Å². The first kappa shape index (κ1) is 20.1. The highest BCUT2D eigenvalue weighted by molar-refractivity contribution is 6.31. The highest BCUT2D eigenvalue weighted by atomic mass is 35.5. The molecular formula is C20H20ClFN2O4. The average Bonchev–Trinajstić information content (AvgIpc) is 2.97. The molecule has 148 valence electrons. The van der Waals surface area contributed by atoms with Gasteiger partial charge in [0, 0.05) is 18.1 Å². The topological polar surface area (TPSA) is 77.5 Å². The van der Waals surface area contributed by atoms with Crippen molar-refractivity contribution in [3.05, 3.63) is 46.4 Å². The van der Waals surface area contributed by atoms with Crippen LogP contribution in [0, 0.1) is 5.82 Å². The number of ether oxygens (including phenoxy) is 2. The Kier molecular flexibility index (Phi) is 5.30. The molecule has 28 heavy (non-hydrogen) atoms. The van der Waals surface area contributed by atoms with Crippen molar-refractivity contribution in [2.45, 2.75) is 39.3 Å². The van der Waals surface area contributed by atoms with Crippen molar-refractivity contribution in [2.75, 3.05) is 6.61 Å². The number of ketones is 1. The van der Waals surface area contributed by atoms with E-state index >= 15 is 0 Å². The van der Waals surface area contributed by atoms with Gasteiger partial charge in [-0.3, -0.25) is 4.79 Å². The third kappa shape index (κ3) is 4.25. The highest BCUT2D eigenvalue weighted by Gasteiger charge is 2.32. The SMILES string of the molecule is CC(=O)c1cc2c(c(-c3ccc(F)c(Cl)c3)n1)OCC2NC(=O)OC(C)(C)C. The summed E-state index contributed by atoms with van der Waals surface area (Å²) in [4.78, 5) is 28.5. The molecule has 8 heteroatoms. The van der Waals surface area contributed by atoms with Crippen LogP contribution in [-0.2, 0) is 4.74 Å². The van der Waals surface area contributed by atoms with Gasteiger partial charge in [-0.1, -0.05) is 11.6 Å². The zero-order valence-electron chi connectivity index (χ0n) is 15.9. The van der Waals surface area contributed by atoms with Crippen LogP contribution in [0.1, 0.15) is 49.8 Å². The maximum absolute atomic E-state index is 13.5. The fraction of sp³-hybridized carbons (Fsp3) is 0.350. The number of carbonyl (C=O) groups is 2. The lowest BCUT2D eigenvalue weighted by atomic mass is 10.0. The second-order valence-corrected chi connectivity index (χ2v) is 7.88. The van der Waals surface area contributed by atoms with Gasteiger partial charge >= 0.3 is 6.09 Å². The van der Waals surface area contributed by atoms with Gasteiger partial charge in [-0.2, -0.15) is 0 Å². The molecule has 1 aliphatic rings. The number of aromatic nitrogens is 1. The molecule has 2 heterocycles. The molecule has 1 amide bonds. The van der Waals surface area contributed by atoms with Gasteiger partial charge in [0.05, 0.1) is 11.1 Å². The maximum Gasteiger partial charge on any atom is 0.408 e. The van der Waals surface area contributed by atoms with E-state index in [4.69, 9.17) is 21.1 Å². The van der Waals surface area contributed by atoms with E-state index in [0.29, 0.717) is 22.6 Å². The van der Waals surface area contributed by atoms with Crippen molar-refractivity contribution in [1.29, 1.82) is 0 Å². The lowest BCUT2D eigenvalue weighted by Crippen LogP contribution is -2.35. The number of halogens is 2. The first-order chi connectivity index (χ1) is 13.0. The number of hydrogen-bond acceptors (Lipinski definition) is 5. The molecular weight excluding hydrogens is 387 g/mol. The van der Waals surface area contributed by atoms with E-state index in [1.807, 2.05) is 0 Å². The number of rotatable bonds is 3. The van der Waals surface area contributed by atoms with Gasteiger partial charge < -0.3 is 14.8 Å². The van der Waals surface area contributed by atoms with Crippen molar-refractivity contribution in [1.82, 2.24) is 10.3 Å². The van der Waals surface area contributed by atoms with Gasteiger partial charge in [0.15, 0.2) is 11.5 Å². The summed E-state index contributed by atoms with van der Waals surface area (Å²) in [5.41, 5.74) is 1.02.